The van der Waals surface area contributed by atoms with Crippen LogP contribution >= 0.6 is 0 Å². The number of nitrogens with one attached hydrogen (secondary N) is 1. The zero-order valence-electron chi connectivity index (χ0n) is 11.6. The first-order valence-corrected chi connectivity index (χ1v) is 7.14. The Hall–Kier alpha value is -0.860. The second-order valence-electron chi connectivity index (χ2n) is 6.48. The molecule has 1 aliphatic heterocycles. The summed E-state index contributed by atoms with van der Waals surface area (Å²) in [5.41, 5.74) is 3.59. The van der Waals surface area contributed by atoms with Crippen molar-refractivity contribution in [2.24, 2.45) is 5.41 Å². The quantitative estimate of drug-likeness (QED) is 0.876. The van der Waals surface area contributed by atoms with Crippen molar-refractivity contribution in [1.29, 1.82) is 0 Å². The number of hydrogen-bond acceptors (Lipinski definition) is 2. The van der Waals surface area contributed by atoms with E-state index in [0.717, 1.165) is 0 Å². The zero-order chi connectivity index (χ0) is 12.6. The van der Waals surface area contributed by atoms with Crippen LogP contribution in [0.2, 0.25) is 0 Å². The molecule has 2 nitrogen and oxygen atoms in total. The number of fused-ring (bicyclic) bond motifs is 1. The second kappa shape index (κ2) is 4.67. The van der Waals surface area contributed by atoms with Gasteiger partial charge in [-0.2, -0.15) is 0 Å². The van der Waals surface area contributed by atoms with Gasteiger partial charge < -0.3 is 10.2 Å². The second-order valence-corrected chi connectivity index (χ2v) is 6.48. The summed E-state index contributed by atoms with van der Waals surface area (Å²) in [6, 6.07) is 9.64. The van der Waals surface area contributed by atoms with Gasteiger partial charge in [-0.05, 0) is 49.4 Å². The molecule has 1 aliphatic carbocycles. The topological polar surface area (TPSA) is 15.3 Å². The molecule has 0 bridgehead atoms. The maximum atomic E-state index is 3.50. The van der Waals surface area contributed by atoms with Crippen LogP contribution in [0.1, 0.15) is 24.5 Å². The lowest BCUT2D eigenvalue weighted by Gasteiger charge is -2.33. The Balaban J connectivity index is 1.63. The van der Waals surface area contributed by atoms with Crippen LogP contribution in [0, 0.1) is 5.41 Å². The van der Waals surface area contributed by atoms with Gasteiger partial charge in [0, 0.05) is 19.1 Å². The summed E-state index contributed by atoms with van der Waals surface area (Å²) >= 11 is 0. The van der Waals surface area contributed by atoms with Crippen LogP contribution in [-0.4, -0.2) is 37.6 Å². The SMILES string of the molecule is CN(CC1(C)CCNC1)C1Cc2ccccc2C1. The Labute approximate surface area is 110 Å². The highest BCUT2D eigenvalue weighted by atomic mass is 15.1. The standard InChI is InChI=1S/C16H24N2/c1-16(7-8-17-11-16)12-18(2)15-9-13-5-3-4-6-14(13)10-15/h3-6,15,17H,7-12H2,1-2H3. The smallest absolute Gasteiger partial charge is 0.0173 e. The molecule has 0 saturated carbocycles. The van der Waals surface area contributed by atoms with Crippen molar-refractivity contribution >= 4 is 0 Å². The fourth-order valence-corrected chi connectivity index (χ4v) is 3.58. The minimum Gasteiger partial charge on any atom is -0.316 e. The van der Waals surface area contributed by atoms with Crippen molar-refractivity contribution in [1.82, 2.24) is 10.2 Å². The third-order valence-corrected chi connectivity index (χ3v) is 4.74. The molecule has 1 heterocycles. The van der Waals surface area contributed by atoms with Crippen LogP contribution in [0.5, 0.6) is 0 Å². The monoisotopic (exact) mass is 244 g/mol. The molecule has 1 atom stereocenters. The Morgan fingerprint density at radius 1 is 1.28 bits per heavy atom. The summed E-state index contributed by atoms with van der Waals surface area (Å²) in [5, 5.41) is 3.50. The molecular weight excluding hydrogens is 220 g/mol. The Morgan fingerprint density at radius 3 is 2.50 bits per heavy atom. The fraction of sp³-hybridized carbons (Fsp3) is 0.625. The highest BCUT2D eigenvalue weighted by Gasteiger charge is 2.33. The Kier molecular flexibility index (Phi) is 3.16. The molecule has 1 N–H and O–H groups in total. The molecule has 2 aliphatic rings. The Morgan fingerprint density at radius 2 is 1.94 bits per heavy atom. The minimum absolute atomic E-state index is 0.476. The molecule has 3 rings (SSSR count). The van der Waals surface area contributed by atoms with Crippen LogP contribution in [0.25, 0.3) is 0 Å². The average Bonchev–Trinajstić information content (AvgIpc) is 2.95. The van der Waals surface area contributed by atoms with Gasteiger partial charge >= 0.3 is 0 Å². The van der Waals surface area contributed by atoms with E-state index < -0.39 is 0 Å². The van der Waals surface area contributed by atoms with Crippen molar-refractivity contribution in [3.05, 3.63) is 35.4 Å². The lowest BCUT2D eigenvalue weighted by molar-refractivity contribution is 0.163. The van der Waals surface area contributed by atoms with Crippen molar-refractivity contribution in [3.8, 4) is 0 Å². The minimum atomic E-state index is 0.476. The molecule has 0 aromatic heterocycles. The molecule has 1 unspecified atom stereocenters. The highest BCUT2D eigenvalue weighted by Crippen LogP contribution is 2.30. The maximum Gasteiger partial charge on any atom is 0.0173 e. The third kappa shape index (κ3) is 2.32. The number of nitrogens with zero attached hydrogens (tertiary/aromatic N) is 1. The van der Waals surface area contributed by atoms with Gasteiger partial charge in [-0.15, -0.1) is 0 Å². The zero-order valence-corrected chi connectivity index (χ0v) is 11.6. The van der Waals surface area contributed by atoms with E-state index in [9.17, 15) is 0 Å². The summed E-state index contributed by atoms with van der Waals surface area (Å²) < 4.78 is 0. The molecule has 0 radical (unpaired) electrons. The van der Waals surface area contributed by atoms with E-state index in [-0.39, 0.29) is 0 Å². The van der Waals surface area contributed by atoms with Gasteiger partial charge in [-0.3, -0.25) is 0 Å². The van der Waals surface area contributed by atoms with E-state index >= 15 is 0 Å². The lowest BCUT2D eigenvalue weighted by Crippen LogP contribution is -2.41. The number of likely N-dealkylation sites (N-methyl/N-ethyl adjacent to an activating group) is 1. The molecule has 98 valence electrons. The summed E-state index contributed by atoms with van der Waals surface area (Å²) in [4.78, 5) is 2.59. The summed E-state index contributed by atoms with van der Waals surface area (Å²) in [5.74, 6) is 0. The van der Waals surface area contributed by atoms with Crippen LogP contribution in [-0.2, 0) is 12.8 Å². The predicted molar refractivity (Wildman–Crippen MR) is 75.9 cm³/mol. The van der Waals surface area contributed by atoms with Crippen molar-refractivity contribution < 1.29 is 0 Å². The normalized spacial score (nSPS) is 27.9. The van der Waals surface area contributed by atoms with Crippen molar-refractivity contribution in [3.63, 3.8) is 0 Å². The van der Waals surface area contributed by atoms with Gasteiger partial charge in [0.25, 0.3) is 0 Å². The number of hydrogen-bond donors (Lipinski definition) is 1. The first-order chi connectivity index (χ1) is 8.66. The van der Waals surface area contributed by atoms with Crippen LogP contribution in [0.4, 0.5) is 0 Å². The first-order valence-electron chi connectivity index (χ1n) is 7.14. The Bertz CT molecular complexity index is 396. The van der Waals surface area contributed by atoms with Crippen LogP contribution in [0.15, 0.2) is 24.3 Å². The molecular formula is C16H24N2. The number of benzene rings is 1. The molecule has 2 heteroatoms. The van der Waals surface area contributed by atoms with Gasteiger partial charge in [-0.1, -0.05) is 31.2 Å². The molecule has 1 aromatic carbocycles. The molecule has 0 spiro atoms. The van der Waals surface area contributed by atoms with Gasteiger partial charge in [0.1, 0.15) is 0 Å². The van der Waals surface area contributed by atoms with E-state index in [1.807, 2.05) is 0 Å². The fourth-order valence-electron chi connectivity index (χ4n) is 3.58. The number of rotatable bonds is 3. The van der Waals surface area contributed by atoms with Crippen molar-refractivity contribution in [2.75, 3.05) is 26.7 Å². The third-order valence-electron chi connectivity index (χ3n) is 4.74. The van der Waals surface area contributed by atoms with E-state index in [1.165, 1.54) is 38.9 Å². The van der Waals surface area contributed by atoms with E-state index in [1.54, 1.807) is 11.1 Å². The maximum absolute atomic E-state index is 3.50. The lowest BCUT2D eigenvalue weighted by atomic mass is 9.89. The summed E-state index contributed by atoms with van der Waals surface area (Å²) in [6.07, 6.45) is 3.78. The van der Waals surface area contributed by atoms with Crippen LogP contribution in [0.3, 0.4) is 0 Å². The predicted octanol–water partition coefficient (Wildman–Crippen LogP) is 2.09. The summed E-state index contributed by atoms with van der Waals surface area (Å²) in [7, 11) is 2.31. The largest absolute Gasteiger partial charge is 0.316 e. The van der Waals surface area contributed by atoms with Gasteiger partial charge in [-0.25, -0.2) is 0 Å². The van der Waals surface area contributed by atoms with Gasteiger partial charge in [0.05, 0.1) is 0 Å². The average molecular weight is 244 g/mol. The van der Waals surface area contributed by atoms with Gasteiger partial charge in [0.2, 0.25) is 0 Å². The van der Waals surface area contributed by atoms with Crippen LogP contribution < -0.4 is 5.32 Å². The highest BCUT2D eigenvalue weighted by molar-refractivity contribution is 5.33. The van der Waals surface area contributed by atoms with Crippen molar-refractivity contribution in [2.45, 2.75) is 32.2 Å². The molecule has 18 heavy (non-hydrogen) atoms. The molecule has 1 aromatic rings. The van der Waals surface area contributed by atoms with E-state index in [4.69, 9.17) is 0 Å². The van der Waals surface area contributed by atoms with E-state index in [2.05, 4.69) is 48.5 Å². The molecule has 1 fully saturated rings. The van der Waals surface area contributed by atoms with E-state index in [0.29, 0.717) is 11.5 Å². The first kappa shape index (κ1) is 12.2. The molecule has 0 amide bonds. The summed E-state index contributed by atoms with van der Waals surface area (Å²) in [6.45, 7) is 6.01. The molecule has 1 saturated heterocycles. The van der Waals surface area contributed by atoms with Gasteiger partial charge in [0.15, 0.2) is 0 Å².